The van der Waals surface area contributed by atoms with Gasteiger partial charge in [0.05, 0.1) is 0 Å². The lowest BCUT2D eigenvalue weighted by Crippen LogP contribution is -2.12. The lowest BCUT2D eigenvalue weighted by molar-refractivity contribution is -0.479. The molecule has 3 rings (SSSR count). The number of hydrogen-bond acceptors (Lipinski definition) is 6. The van der Waals surface area contributed by atoms with Gasteiger partial charge in [0.15, 0.2) is 5.16 Å². The first kappa shape index (κ1) is 21.1. The van der Waals surface area contributed by atoms with E-state index in [1.165, 1.54) is 11.8 Å². The van der Waals surface area contributed by atoms with Crippen LogP contribution in [0.5, 0.6) is 5.75 Å². The zero-order chi connectivity index (χ0) is 20.8. The minimum atomic E-state index is -0.520. The number of aryl methyl sites for hydroxylation is 1. The van der Waals surface area contributed by atoms with Crippen LogP contribution in [0.25, 0.3) is 5.69 Å². The number of halogens is 1. The first-order chi connectivity index (χ1) is 14.0. The Labute approximate surface area is 181 Å². The second-order valence-corrected chi connectivity index (χ2v) is 8.19. The van der Waals surface area contributed by atoms with Gasteiger partial charge in [-0.25, -0.2) is 0 Å². The molecule has 0 saturated carbocycles. The highest BCUT2D eigenvalue weighted by atomic mass is 79.9. The van der Waals surface area contributed by atoms with Crippen LogP contribution < -0.4 is 4.74 Å². The number of thioether (sulfide) groups is 1. The summed E-state index contributed by atoms with van der Waals surface area (Å²) < 4.78 is 8.45. The molecule has 0 spiro atoms. The summed E-state index contributed by atoms with van der Waals surface area (Å²) in [6, 6.07) is 15.1. The van der Waals surface area contributed by atoms with Crippen LogP contribution in [0.1, 0.15) is 16.6 Å². The summed E-state index contributed by atoms with van der Waals surface area (Å²) in [6.07, 6.45) is 1.64. The summed E-state index contributed by atoms with van der Waals surface area (Å²) in [5, 5.41) is 19.9. The lowest BCUT2D eigenvalue weighted by atomic mass is 10.1. The molecule has 0 fully saturated rings. The van der Waals surface area contributed by atoms with Crippen molar-refractivity contribution in [2.75, 3.05) is 13.2 Å². The van der Waals surface area contributed by atoms with E-state index in [0.717, 1.165) is 10.2 Å². The monoisotopic (exact) mass is 474 g/mol. The van der Waals surface area contributed by atoms with E-state index in [9.17, 15) is 10.1 Å². The molecule has 1 heterocycles. The highest BCUT2D eigenvalue weighted by Crippen LogP contribution is 2.41. The normalized spacial score (nSPS) is 11.8. The van der Waals surface area contributed by atoms with E-state index in [0.29, 0.717) is 28.9 Å². The smallest absolute Gasteiger partial charge is 0.220 e. The van der Waals surface area contributed by atoms with Crippen LogP contribution in [0, 0.1) is 17.0 Å². The summed E-state index contributed by atoms with van der Waals surface area (Å²) in [7, 11) is 0. The quantitative estimate of drug-likeness (QED) is 0.187. The van der Waals surface area contributed by atoms with Crippen molar-refractivity contribution >= 4 is 27.7 Å². The van der Waals surface area contributed by atoms with Gasteiger partial charge in [0.25, 0.3) is 0 Å². The Bertz CT molecular complexity index is 1010. The molecule has 29 heavy (non-hydrogen) atoms. The van der Waals surface area contributed by atoms with Gasteiger partial charge in [0.1, 0.15) is 23.4 Å². The average Bonchev–Trinajstić information content (AvgIpc) is 3.07. The van der Waals surface area contributed by atoms with E-state index in [-0.39, 0.29) is 11.5 Å². The van der Waals surface area contributed by atoms with E-state index in [4.69, 9.17) is 4.74 Å². The Hall–Kier alpha value is -2.65. The van der Waals surface area contributed by atoms with Crippen molar-refractivity contribution in [1.29, 1.82) is 0 Å². The van der Waals surface area contributed by atoms with Gasteiger partial charge in [-0.05, 0) is 37.3 Å². The van der Waals surface area contributed by atoms with Gasteiger partial charge in [0, 0.05) is 20.6 Å². The molecule has 0 saturated heterocycles. The third-order valence-electron chi connectivity index (χ3n) is 4.05. The van der Waals surface area contributed by atoms with Crippen molar-refractivity contribution in [3.05, 3.63) is 87.2 Å². The largest absolute Gasteiger partial charge is 0.489 e. The predicted octanol–water partition coefficient (Wildman–Crippen LogP) is 5.01. The zero-order valence-corrected chi connectivity index (χ0v) is 18.1. The maximum atomic E-state index is 11.4. The molecule has 0 aliphatic rings. The van der Waals surface area contributed by atoms with Crippen molar-refractivity contribution in [2.24, 2.45) is 0 Å². The number of nitrogens with zero attached hydrogens (tertiary/aromatic N) is 4. The van der Waals surface area contributed by atoms with E-state index < -0.39 is 5.25 Å². The molecule has 2 aromatic carbocycles. The molecule has 0 aliphatic carbocycles. The minimum Gasteiger partial charge on any atom is -0.489 e. The van der Waals surface area contributed by atoms with Crippen LogP contribution >= 0.6 is 27.7 Å². The Kier molecular flexibility index (Phi) is 7.05. The Morgan fingerprint density at radius 1 is 1.31 bits per heavy atom. The second-order valence-electron chi connectivity index (χ2n) is 6.10. The molecule has 0 radical (unpaired) electrons. The van der Waals surface area contributed by atoms with E-state index >= 15 is 0 Å². The number of aromatic nitrogens is 3. The summed E-state index contributed by atoms with van der Waals surface area (Å²) in [6.45, 7) is 5.54. The average molecular weight is 475 g/mol. The fraction of sp³-hybridized carbons (Fsp3) is 0.200. The number of nitro groups is 1. The summed E-state index contributed by atoms with van der Waals surface area (Å²) in [4.78, 5) is 11.1. The first-order valence-electron chi connectivity index (χ1n) is 8.78. The molecule has 3 aromatic rings. The van der Waals surface area contributed by atoms with Gasteiger partial charge in [-0.2, -0.15) is 0 Å². The van der Waals surface area contributed by atoms with Crippen LogP contribution in [-0.2, 0) is 0 Å². The number of rotatable bonds is 9. The molecular formula is C20H19BrN4O3S. The van der Waals surface area contributed by atoms with Gasteiger partial charge >= 0.3 is 0 Å². The van der Waals surface area contributed by atoms with Crippen LogP contribution in [0.3, 0.4) is 0 Å². The zero-order valence-electron chi connectivity index (χ0n) is 15.7. The molecule has 0 N–H and O–H groups in total. The number of benzene rings is 2. The highest BCUT2D eigenvalue weighted by Gasteiger charge is 2.26. The van der Waals surface area contributed by atoms with E-state index in [2.05, 4.69) is 32.7 Å². The van der Waals surface area contributed by atoms with Crippen LogP contribution in [0.4, 0.5) is 0 Å². The Morgan fingerprint density at radius 2 is 2.07 bits per heavy atom. The molecule has 1 aromatic heterocycles. The number of para-hydroxylation sites is 1. The van der Waals surface area contributed by atoms with Crippen molar-refractivity contribution in [3.8, 4) is 11.4 Å². The van der Waals surface area contributed by atoms with Gasteiger partial charge in [-0.3, -0.25) is 14.7 Å². The van der Waals surface area contributed by atoms with Gasteiger partial charge in [-0.1, -0.05) is 58.5 Å². The van der Waals surface area contributed by atoms with E-state index in [1.54, 1.807) is 12.1 Å². The van der Waals surface area contributed by atoms with Gasteiger partial charge in [0.2, 0.25) is 6.54 Å². The molecule has 0 aliphatic heterocycles. The Balaban J connectivity index is 2.02. The highest BCUT2D eigenvalue weighted by molar-refractivity contribution is 9.10. The third kappa shape index (κ3) is 5.24. The molecule has 0 bridgehead atoms. The van der Waals surface area contributed by atoms with Crippen molar-refractivity contribution in [3.63, 3.8) is 0 Å². The SMILES string of the molecule is C=CCOc1ccc(Br)cc1[C@H](C[N+](=O)[O-])Sc1nnc(C)n1-c1ccccc1. The standard InChI is InChI=1S/C20H19BrN4O3S/c1-3-11-28-18-10-9-15(21)12-17(18)19(13-24(26)27)29-20-23-22-14(2)25(20)16-7-5-4-6-8-16/h3-10,12,19H,1,11,13H2,2H3/t19-/m0/s1. The van der Waals surface area contributed by atoms with Crippen LogP contribution in [0.15, 0.2) is 70.8 Å². The Morgan fingerprint density at radius 3 is 2.76 bits per heavy atom. The van der Waals surface area contributed by atoms with Gasteiger partial charge in [-0.15, -0.1) is 10.2 Å². The predicted molar refractivity (Wildman–Crippen MR) is 116 cm³/mol. The molecule has 7 nitrogen and oxygen atoms in total. The minimum absolute atomic E-state index is 0.285. The van der Waals surface area contributed by atoms with Crippen molar-refractivity contribution < 1.29 is 9.66 Å². The lowest BCUT2D eigenvalue weighted by Gasteiger charge is -2.18. The second kappa shape index (κ2) is 9.71. The molecule has 0 amide bonds. The summed E-state index contributed by atoms with van der Waals surface area (Å²) >= 11 is 4.74. The summed E-state index contributed by atoms with van der Waals surface area (Å²) in [5.41, 5.74) is 1.61. The summed E-state index contributed by atoms with van der Waals surface area (Å²) in [5.74, 6) is 1.28. The van der Waals surface area contributed by atoms with Crippen molar-refractivity contribution in [2.45, 2.75) is 17.3 Å². The fourth-order valence-electron chi connectivity index (χ4n) is 2.81. The molecule has 0 unspecified atom stereocenters. The topological polar surface area (TPSA) is 83.1 Å². The molecule has 1 atom stereocenters. The number of ether oxygens (including phenoxy) is 1. The first-order valence-corrected chi connectivity index (χ1v) is 10.5. The molecular weight excluding hydrogens is 456 g/mol. The van der Waals surface area contributed by atoms with Gasteiger partial charge < -0.3 is 4.74 Å². The van der Waals surface area contributed by atoms with Crippen LogP contribution in [-0.4, -0.2) is 32.8 Å². The molecule has 150 valence electrons. The fourth-order valence-corrected chi connectivity index (χ4v) is 4.38. The third-order valence-corrected chi connectivity index (χ3v) is 5.70. The maximum Gasteiger partial charge on any atom is 0.220 e. The van der Waals surface area contributed by atoms with Crippen molar-refractivity contribution in [1.82, 2.24) is 14.8 Å². The molecule has 9 heteroatoms. The maximum absolute atomic E-state index is 11.4. The number of hydrogen-bond donors (Lipinski definition) is 0. The van der Waals surface area contributed by atoms with E-state index in [1.807, 2.05) is 54.0 Å². The van der Waals surface area contributed by atoms with Crippen LogP contribution in [0.2, 0.25) is 0 Å².